The fraction of sp³-hybridized carbons (Fsp3) is 0.190. The molecule has 2 atom stereocenters. The van der Waals surface area contributed by atoms with E-state index < -0.39 is 15.8 Å². The molecule has 0 amide bonds. The average molecular weight is 624 g/mol. The van der Waals surface area contributed by atoms with Crippen molar-refractivity contribution in [3.05, 3.63) is 175 Å². The Labute approximate surface area is 272 Å². The lowest BCUT2D eigenvalue weighted by molar-refractivity contribution is 0.175. The molecule has 226 valence electrons. The van der Waals surface area contributed by atoms with Crippen LogP contribution in [0.5, 0.6) is 0 Å². The van der Waals surface area contributed by atoms with Gasteiger partial charge in [0.25, 0.3) is 0 Å². The first kappa shape index (κ1) is 31.4. The molecule has 45 heavy (non-hydrogen) atoms. The zero-order chi connectivity index (χ0) is 30.8. The Bertz CT molecular complexity index is 1600. The molecule has 0 spiro atoms. The second-order valence-corrected chi connectivity index (χ2v) is 16.0. The van der Waals surface area contributed by atoms with Gasteiger partial charge in [-0.1, -0.05) is 178 Å². The van der Waals surface area contributed by atoms with Crippen molar-refractivity contribution in [2.24, 2.45) is 5.92 Å². The summed E-state index contributed by atoms with van der Waals surface area (Å²) in [5.74, 6) is 0.277. The average Bonchev–Trinajstić information content (AvgIpc) is 3.57. The summed E-state index contributed by atoms with van der Waals surface area (Å²) in [4.78, 5) is 2.79. The summed E-state index contributed by atoms with van der Waals surface area (Å²) in [6.45, 7) is 6.81. The largest absolute Gasteiger partial charge is 0.295 e. The van der Waals surface area contributed by atoms with E-state index in [1.807, 2.05) is 0 Å². The predicted octanol–water partition coefficient (Wildman–Crippen LogP) is 8.81. The summed E-state index contributed by atoms with van der Waals surface area (Å²) < 4.78 is 0. The van der Waals surface area contributed by atoms with Gasteiger partial charge in [0, 0.05) is 12.0 Å². The lowest BCUT2D eigenvalue weighted by Gasteiger charge is -2.40. The van der Waals surface area contributed by atoms with Crippen molar-refractivity contribution in [1.29, 1.82) is 0 Å². The highest BCUT2D eigenvalue weighted by atomic mass is 31.1. The minimum atomic E-state index is -0.739. The van der Waals surface area contributed by atoms with Crippen molar-refractivity contribution >= 4 is 42.4 Å². The molecule has 1 aliphatic rings. The minimum Gasteiger partial charge on any atom is -0.295 e. The van der Waals surface area contributed by atoms with Gasteiger partial charge in [0.1, 0.15) is 0 Å². The Hall–Kier alpha value is -3.60. The number of allylic oxidation sites excluding steroid dienone is 2. The van der Waals surface area contributed by atoms with Crippen LogP contribution < -0.4 is 26.5 Å². The van der Waals surface area contributed by atoms with Crippen LogP contribution in [0.4, 0.5) is 0 Å². The SMILES string of the molecule is CCCN(CCC)C(c1ccccc1P(c1ccccc1)c1ccccc1)C1C=CC=C1P(c1ccccc1)c1ccccc1. The molecule has 0 aromatic heterocycles. The van der Waals surface area contributed by atoms with E-state index in [1.54, 1.807) is 5.31 Å². The van der Waals surface area contributed by atoms with E-state index in [9.17, 15) is 0 Å². The van der Waals surface area contributed by atoms with Gasteiger partial charge in [0.05, 0.1) is 0 Å². The molecule has 5 aromatic rings. The second-order valence-electron chi connectivity index (χ2n) is 11.6. The van der Waals surface area contributed by atoms with Gasteiger partial charge in [-0.25, -0.2) is 0 Å². The quantitative estimate of drug-likeness (QED) is 0.119. The highest BCUT2D eigenvalue weighted by Gasteiger charge is 2.37. The minimum absolute atomic E-state index is 0.237. The molecule has 3 heteroatoms. The molecule has 0 heterocycles. The van der Waals surface area contributed by atoms with Crippen molar-refractivity contribution < 1.29 is 0 Å². The van der Waals surface area contributed by atoms with Crippen LogP contribution in [-0.4, -0.2) is 18.0 Å². The predicted molar refractivity (Wildman–Crippen MR) is 200 cm³/mol. The highest BCUT2D eigenvalue weighted by Crippen LogP contribution is 2.54. The molecule has 2 unspecified atom stereocenters. The maximum Gasteiger partial charge on any atom is 0.0458 e. The summed E-state index contributed by atoms with van der Waals surface area (Å²) in [5.41, 5.74) is 1.47. The van der Waals surface area contributed by atoms with E-state index in [4.69, 9.17) is 0 Å². The summed E-state index contributed by atoms with van der Waals surface area (Å²) in [7, 11) is -1.43. The fourth-order valence-electron chi connectivity index (χ4n) is 6.68. The lowest BCUT2D eigenvalue weighted by Crippen LogP contribution is -2.38. The van der Waals surface area contributed by atoms with E-state index in [0.29, 0.717) is 0 Å². The van der Waals surface area contributed by atoms with Gasteiger partial charge in [-0.2, -0.15) is 0 Å². The van der Waals surface area contributed by atoms with Crippen LogP contribution in [0.25, 0.3) is 0 Å². The summed E-state index contributed by atoms with van der Waals surface area (Å²) in [5, 5.41) is 8.64. The second kappa shape index (κ2) is 15.6. The van der Waals surface area contributed by atoms with Gasteiger partial charge in [-0.3, -0.25) is 4.90 Å². The Balaban J connectivity index is 1.54. The van der Waals surface area contributed by atoms with Crippen molar-refractivity contribution in [2.75, 3.05) is 13.1 Å². The molecule has 1 nitrogen and oxygen atoms in total. The van der Waals surface area contributed by atoms with Gasteiger partial charge < -0.3 is 0 Å². The Morgan fingerprint density at radius 1 is 0.533 bits per heavy atom. The van der Waals surface area contributed by atoms with Gasteiger partial charge in [0.15, 0.2) is 0 Å². The van der Waals surface area contributed by atoms with Crippen molar-refractivity contribution in [3.8, 4) is 0 Å². The molecule has 5 aromatic carbocycles. The monoisotopic (exact) mass is 623 g/mol. The Kier molecular flexibility index (Phi) is 10.9. The zero-order valence-corrected chi connectivity index (χ0v) is 28.2. The molecular weight excluding hydrogens is 580 g/mol. The van der Waals surface area contributed by atoms with Crippen LogP contribution in [-0.2, 0) is 0 Å². The molecule has 0 saturated heterocycles. The Morgan fingerprint density at radius 2 is 0.956 bits per heavy atom. The van der Waals surface area contributed by atoms with E-state index in [1.165, 1.54) is 32.1 Å². The van der Waals surface area contributed by atoms with Gasteiger partial charge >= 0.3 is 0 Å². The first-order chi connectivity index (χ1) is 22.3. The number of rotatable bonds is 13. The van der Waals surface area contributed by atoms with E-state index >= 15 is 0 Å². The number of hydrogen-bond acceptors (Lipinski definition) is 1. The molecule has 6 rings (SSSR count). The molecule has 0 radical (unpaired) electrons. The van der Waals surface area contributed by atoms with Gasteiger partial charge in [0.2, 0.25) is 0 Å². The van der Waals surface area contributed by atoms with Crippen LogP contribution >= 0.6 is 15.8 Å². The third-order valence-corrected chi connectivity index (χ3v) is 13.6. The first-order valence-electron chi connectivity index (χ1n) is 16.3. The smallest absolute Gasteiger partial charge is 0.0458 e. The first-order valence-corrected chi connectivity index (χ1v) is 19.0. The highest BCUT2D eigenvalue weighted by molar-refractivity contribution is 7.80. The number of benzene rings is 5. The topological polar surface area (TPSA) is 3.24 Å². The Morgan fingerprint density at radius 3 is 1.42 bits per heavy atom. The molecule has 0 fully saturated rings. The molecule has 0 aliphatic heterocycles. The van der Waals surface area contributed by atoms with Crippen LogP contribution in [0.3, 0.4) is 0 Å². The van der Waals surface area contributed by atoms with Crippen LogP contribution in [0.1, 0.15) is 38.3 Å². The van der Waals surface area contributed by atoms with Crippen LogP contribution in [0.2, 0.25) is 0 Å². The summed E-state index contributed by atoms with van der Waals surface area (Å²) >= 11 is 0. The van der Waals surface area contributed by atoms with E-state index in [0.717, 1.165) is 25.9 Å². The molecule has 0 bridgehead atoms. The molecule has 0 saturated carbocycles. The molecular formula is C42H43NP2. The van der Waals surface area contributed by atoms with Crippen LogP contribution in [0, 0.1) is 5.92 Å². The maximum atomic E-state index is 2.79. The third-order valence-electron chi connectivity index (χ3n) is 8.49. The standard InChI is InChI=1S/C42H43NP2/c1-3-32-43(33-4-2)42(39-29-19-31-41(39)45(36-24-13-7-14-25-36)37-26-15-8-16-27-37)38-28-17-18-30-40(38)44(34-20-9-5-10-21-34)35-22-11-6-12-23-35/h5-31,39,42H,3-4,32-33H2,1-2H3. The summed E-state index contributed by atoms with van der Waals surface area (Å²) in [6, 6.07) is 54.4. The van der Waals surface area contributed by atoms with Crippen molar-refractivity contribution in [1.82, 2.24) is 4.90 Å². The van der Waals surface area contributed by atoms with Crippen molar-refractivity contribution in [2.45, 2.75) is 32.7 Å². The normalized spacial score (nSPS) is 15.1. The van der Waals surface area contributed by atoms with Gasteiger partial charge in [-0.15, -0.1) is 0 Å². The molecule has 0 N–H and O–H groups in total. The van der Waals surface area contributed by atoms with E-state index in [-0.39, 0.29) is 12.0 Å². The van der Waals surface area contributed by atoms with Crippen LogP contribution in [0.15, 0.2) is 169 Å². The van der Waals surface area contributed by atoms with Gasteiger partial charge in [-0.05, 0) is 79.2 Å². The van der Waals surface area contributed by atoms with Crippen molar-refractivity contribution in [3.63, 3.8) is 0 Å². The number of hydrogen-bond donors (Lipinski definition) is 0. The fourth-order valence-corrected chi connectivity index (χ4v) is 11.8. The number of nitrogens with zero attached hydrogens (tertiary/aromatic N) is 1. The lowest BCUT2D eigenvalue weighted by atomic mass is 9.91. The zero-order valence-electron chi connectivity index (χ0n) is 26.4. The summed E-state index contributed by atoms with van der Waals surface area (Å²) in [6.07, 6.45) is 9.55. The third kappa shape index (κ3) is 7.13. The molecule has 1 aliphatic carbocycles. The van der Waals surface area contributed by atoms with E-state index in [2.05, 4.69) is 183 Å². The maximum absolute atomic E-state index is 2.79.